The van der Waals surface area contributed by atoms with Crippen LogP contribution in [0, 0.1) is 0 Å². The number of methoxy groups -OCH3 is 1. The summed E-state index contributed by atoms with van der Waals surface area (Å²) in [6.07, 6.45) is 1.09. The van der Waals surface area contributed by atoms with Crippen molar-refractivity contribution in [2.24, 2.45) is 0 Å². The Hall–Kier alpha value is -1.22. The van der Waals surface area contributed by atoms with Gasteiger partial charge in [0.15, 0.2) is 0 Å². The van der Waals surface area contributed by atoms with Crippen molar-refractivity contribution in [3.63, 3.8) is 0 Å². The molecule has 1 heterocycles. The SMILES string of the molecule is COc1cccc2c1C(NC(C)(C)C)CCN2. The summed E-state index contributed by atoms with van der Waals surface area (Å²) in [5.41, 5.74) is 2.56. The first-order valence-electron chi connectivity index (χ1n) is 6.20. The molecule has 0 amide bonds. The molecular formula is C14H22N2O. The van der Waals surface area contributed by atoms with E-state index in [9.17, 15) is 0 Å². The molecule has 0 saturated heterocycles. The summed E-state index contributed by atoms with van der Waals surface area (Å²) >= 11 is 0. The van der Waals surface area contributed by atoms with Crippen LogP contribution in [-0.4, -0.2) is 19.2 Å². The van der Waals surface area contributed by atoms with Gasteiger partial charge < -0.3 is 15.4 Å². The Bertz CT molecular complexity index is 381. The van der Waals surface area contributed by atoms with Crippen LogP contribution in [0.15, 0.2) is 18.2 Å². The predicted octanol–water partition coefficient (Wildman–Crippen LogP) is 2.94. The minimum atomic E-state index is 0.111. The third kappa shape index (κ3) is 2.72. The number of rotatable bonds is 2. The number of nitrogens with one attached hydrogen (secondary N) is 2. The summed E-state index contributed by atoms with van der Waals surface area (Å²) in [4.78, 5) is 0. The fourth-order valence-corrected chi connectivity index (χ4v) is 2.40. The molecule has 1 aromatic carbocycles. The molecule has 0 fully saturated rings. The number of hydrogen-bond donors (Lipinski definition) is 2. The van der Waals surface area contributed by atoms with Crippen molar-refractivity contribution in [2.75, 3.05) is 19.0 Å². The highest BCUT2D eigenvalue weighted by Crippen LogP contribution is 2.37. The maximum atomic E-state index is 5.48. The number of benzene rings is 1. The quantitative estimate of drug-likeness (QED) is 0.825. The van der Waals surface area contributed by atoms with E-state index >= 15 is 0 Å². The van der Waals surface area contributed by atoms with Gasteiger partial charge in [-0.05, 0) is 39.3 Å². The van der Waals surface area contributed by atoms with E-state index in [2.05, 4.69) is 37.5 Å². The molecule has 0 spiro atoms. The Morgan fingerprint density at radius 3 is 2.76 bits per heavy atom. The Kier molecular flexibility index (Phi) is 3.29. The number of fused-ring (bicyclic) bond motifs is 1. The average molecular weight is 234 g/mol. The molecule has 0 saturated carbocycles. The highest BCUT2D eigenvalue weighted by molar-refractivity contribution is 5.60. The van der Waals surface area contributed by atoms with Crippen molar-refractivity contribution in [1.29, 1.82) is 0 Å². The van der Waals surface area contributed by atoms with E-state index in [1.807, 2.05) is 12.1 Å². The lowest BCUT2D eigenvalue weighted by atomic mass is 9.94. The molecule has 0 aliphatic carbocycles. The van der Waals surface area contributed by atoms with Crippen molar-refractivity contribution < 1.29 is 4.74 Å². The van der Waals surface area contributed by atoms with Gasteiger partial charge in [0.25, 0.3) is 0 Å². The molecule has 1 aliphatic rings. The van der Waals surface area contributed by atoms with Gasteiger partial charge in [-0.15, -0.1) is 0 Å². The van der Waals surface area contributed by atoms with Gasteiger partial charge in [-0.1, -0.05) is 6.07 Å². The van der Waals surface area contributed by atoms with Gasteiger partial charge in [0, 0.05) is 29.4 Å². The zero-order valence-corrected chi connectivity index (χ0v) is 11.1. The third-order valence-electron chi connectivity index (χ3n) is 2.99. The normalized spacial score (nSPS) is 19.4. The first-order chi connectivity index (χ1) is 8.01. The molecular weight excluding hydrogens is 212 g/mol. The summed E-state index contributed by atoms with van der Waals surface area (Å²) in [5, 5.41) is 7.10. The molecule has 17 heavy (non-hydrogen) atoms. The molecule has 2 N–H and O–H groups in total. The van der Waals surface area contributed by atoms with Crippen molar-refractivity contribution in [1.82, 2.24) is 5.32 Å². The van der Waals surface area contributed by atoms with Crippen LogP contribution in [0.1, 0.15) is 38.8 Å². The van der Waals surface area contributed by atoms with Crippen molar-refractivity contribution in [3.05, 3.63) is 23.8 Å². The molecule has 2 rings (SSSR count). The van der Waals surface area contributed by atoms with Gasteiger partial charge in [-0.25, -0.2) is 0 Å². The van der Waals surface area contributed by atoms with E-state index in [1.165, 1.54) is 11.3 Å². The first kappa shape index (κ1) is 12.2. The number of anilines is 1. The lowest BCUT2D eigenvalue weighted by Crippen LogP contribution is -2.41. The van der Waals surface area contributed by atoms with E-state index in [1.54, 1.807) is 7.11 Å². The Morgan fingerprint density at radius 1 is 1.35 bits per heavy atom. The zero-order valence-electron chi connectivity index (χ0n) is 11.1. The van der Waals surface area contributed by atoms with Gasteiger partial charge in [0.2, 0.25) is 0 Å². The minimum absolute atomic E-state index is 0.111. The maximum absolute atomic E-state index is 5.48. The van der Waals surface area contributed by atoms with Crippen LogP contribution in [0.25, 0.3) is 0 Å². The molecule has 0 radical (unpaired) electrons. The monoisotopic (exact) mass is 234 g/mol. The van der Waals surface area contributed by atoms with Crippen LogP contribution in [0.4, 0.5) is 5.69 Å². The van der Waals surface area contributed by atoms with E-state index in [0.29, 0.717) is 6.04 Å². The average Bonchev–Trinajstić information content (AvgIpc) is 2.26. The smallest absolute Gasteiger partial charge is 0.125 e. The Labute approximate surface area is 104 Å². The molecule has 3 heteroatoms. The van der Waals surface area contributed by atoms with Gasteiger partial charge >= 0.3 is 0 Å². The van der Waals surface area contributed by atoms with Crippen LogP contribution < -0.4 is 15.4 Å². The van der Waals surface area contributed by atoms with Crippen LogP contribution in [0.3, 0.4) is 0 Å². The lowest BCUT2D eigenvalue weighted by Gasteiger charge is -2.34. The maximum Gasteiger partial charge on any atom is 0.125 e. The fraction of sp³-hybridized carbons (Fsp3) is 0.571. The third-order valence-corrected chi connectivity index (χ3v) is 2.99. The van der Waals surface area contributed by atoms with E-state index in [4.69, 9.17) is 4.74 Å². The van der Waals surface area contributed by atoms with Crippen molar-refractivity contribution in [3.8, 4) is 5.75 Å². The molecule has 0 aromatic heterocycles. The summed E-state index contributed by atoms with van der Waals surface area (Å²) in [7, 11) is 1.73. The van der Waals surface area contributed by atoms with Crippen LogP contribution in [-0.2, 0) is 0 Å². The molecule has 3 nitrogen and oxygen atoms in total. The number of hydrogen-bond acceptors (Lipinski definition) is 3. The Morgan fingerprint density at radius 2 is 2.12 bits per heavy atom. The van der Waals surface area contributed by atoms with E-state index < -0.39 is 0 Å². The van der Waals surface area contributed by atoms with Gasteiger partial charge in [0.05, 0.1) is 7.11 Å². The summed E-state index contributed by atoms with van der Waals surface area (Å²) in [6.45, 7) is 7.60. The van der Waals surface area contributed by atoms with Crippen LogP contribution in [0.5, 0.6) is 5.75 Å². The second kappa shape index (κ2) is 4.57. The highest BCUT2D eigenvalue weighted by Gasteiger charge is 2.26. The molecule has 0 bridgehead atoms. The Balaban J connectivity index is 2.35. The van der Waals surface area contributed by atoms with E-state index in [0.717, 1.165) is 18.7 Å². The second-order valence-electron chi connectivity index (χ2n) is 5.58. The van der Waals surface area contributed by atoms with Crippen LogP contribution in [0.2, 0.25) is 0 Å². The van der Waals surface area contributed by atoms with Crippen molar-refractivity contribution >= 4 is 5.69 Å². The molecule has 1 unspecified atom stereocenters. The molecule has 1 atom stereocenters. The summed E-state index contributed by atoms with van der Waals surface area (Å²) in [5.74, 6) is 0.969. The van der Waals surface area contributed by atoms with Crippen LogP contribution >= 0.6 is 0 Å². The van der Waals surface area contributed by atoms with E-state index in [-0.39, 0.29) is 5.54 Å². The summed E-state index contributed by atoms with van der Waals surface area (Å²) < 4.78 is 5.48. The predicted molar refractivity (Wildman–Crippen MR) is 71.7 cm³/mol. The van der Waals surface area contributed by atoms with Gasteiger partial charge in [-0.2, -0.15) is 0 Å². The van der Waals surface area contributed by atoms with Gasteiger partial charge in [0.1, 0.15) is 5.75 Å². The fourth-order valence-electron chi connectivity index (χ4n) is 2.40. The minimum Gasteiger partial charge on any atom is -0.496 e. The van der Waals surface area contributed by atoms with Crippen molar-refractivity contribution in [2.45, 2.75) is 38.8 Å². The molecule has 94 valence electrons. The topological polar surface area (TPSA) is 33.3 Å². The van der Waals surface area contributed by atoms with Gasteiger partial charge in [-0.3, -0.25) is 0 Å². The first-order valence-corrected chi connectivity index (χ1v) is 6.20. The molecule has 1 aromatic rings. The zero-order chi connectivity index (χ0) is 12.5. The molecule has 1 aliphatic heterocycles. The number of ether oxygens (including phenoxy) is 1. The highest BCUT2D eigenvalue weighted by atomic mass is 16.5. The largest absolute Gasteiger partial charge is 0.496 e. The second-order valence-corrected chi connectivity index (χ2v) is 5.58. The standard InChI is InChI=1S/C14H22N2O/c1-14(2,3)16-11-8-9-15-10-6-5-7-12(17-4)13(10)11/h5-7,11,15-16H,8-9H2,1-4H3. The summed E-state index contributed by atoms with van der Waals surface area (Å²) in [6, 6.07) is 6.55. The lowest BCUT2D eigenvalue weighted by molar-refractivity contribution is 0.337.